The van der Waals surface area contributed by atoms with Crippen molar-refractivity contribution in [2.24, 2.45) is 5.92 Å². The van der Waals surface area contributed by atoms with Gasteiger partial charge in [-0.25, -0.2) is 0 Å². The number of hydrogen-bond donors (Lipinski definition) is 4. The van der Waals surface area contributed by atoms with Crippen molar-refractivity contribution in [1.29, 1.82) is 0 Å². The van der Waals surface area contributed by atoms with Crippen molar-refractivity contribution in [2.75, 3.05) is 13.7 Å². The molecule has 9 nitrogen and oxygen atoms in total. The predicted octanol–water partition coefficient (Wildman–Crippen LogP) is 4.50. The zero-order valence-corrected chi connectivity index (χ0v) is 26.7. The van der Waals surface area contributed by atoms with E-state index in [1.807, 2.05) is 60.7 Å². The molecule has 0 fully saturated rings. The van der Waals surface area contributed by atoms with E-state index in [2.05, 4.69) is 20.7 Å². The van der Waals surface area contributed by atoms with Gasteiger partial charge < -0.3 is 30.5 Å². The summed E-state index contributed by atoms with van der Waals surface area (Å²) in [5, 5.41) is 19.5. The fourth-order valence-corrected chi connectivity index (χ4v) is 5.01. The molecule has 0 aliphatic carbocycles. The lowest BCUT2D eigenvalue weighted by atomic mass is 9.96. The second-order valence-electron chi connectivity index (χ2n) is 11.5. The minimum atomic E-state index is -4.91. The molecule has 0 saturated heterocycles. The fraction of sp³-hybridized carbons (Fsp3) is 0.400. The summed E-state index contributed by atoms with van der Waals surface area (Å²) in [6, 6.07) is 20.5. The Morgan fingerprint density at radius 1 is 0.872 bits per heavy atom. The third-order valence-corrected chi connectivity index (χ3v) is 7.44. The number of carbonyl (C=O) groups excluding carboxylic acids is 3. The first-order chi connectivity index (χ1) is 22.3. The number of carbonyl (C=O) groups is 3. The van der Waals surface area contributed by atoms with E-state index >= 15 is 0 Å². The highest BCUT2D eigenvalue weighted by Gasteiger charge is 2.32. The Hall–Kier alpha value is -4.58. The summed E-state index contributed by atoms with van der Waals surface area (Å²) in [6.07, 6.45) is -5.31. The van der Waals surface area contributed by atoms with Gasteiger partial charge in [0.15, 0.2) is 0 Å². The Kier molecular flexibility index (Phi) is 14.1. The molecule has 3 aromatic rings. The van der Waals surface area contributed by atoms with Crippen molar-refractivity contribution in [1.82, 2.24) is 16.0 Å². The van der Waals surface area contributed by atoms with E-state index < -0.39 is 42.1 Å². The molecule has 3 amide bonds. The van der Waals surface area contributed by atoms with E-state index in [4.69, 9.17) is 4.74 Å². The summed E-state index contributed by atoms with van der Waals surface area (Å²) >= 11 is 0. The van der Waals surface area contributed by atoms with Crippen molar-refractivity contribution in [3.05, 3.63) is 95.6 Å². The lowest BCUT2D eigenvalue weighted by molar-refractivity contribution is -0.274. The molecule has 0 aromatic heterocycles. The van der Waals surface area contributed by atoms with Crippen LogP contribution in [0.2, 0.25) is 0 Å². The first kappa shape index (κ1) is 36.9. The van der Waals surface area contributed by atoms with E-state index in [0.717, 1.165) is 23.3 Å². The summed E-state index contributed by atoms with van der Waals surface area (Å²) in [7, 11) is 1.32. The number of halogens is 3. The topological polar surface area (TPSA) is 126 Å². The summed E-state index contributed by atoms with van der Waals surface area (Å²) in [5.74, 6) is -2.13. The molecule has 0 radical (unpaired) electrons. The molecule has 0 bridgehead atoms. The number of aliphatic hydroxyl groups excluding tert-OH is 1. The van der Waals surface area contributed by atoms with E-state index in [1.165, 1.54) is 13.2 Å². The molecule has 0 saturated carbocycles. The number of hydrogen-bond acceptors (Lipinski definition) is 6. The average Bonchev–Trinajstić information content (AvgIpc) is 3.02. The molecule has 0 aliphatic heterocycles. The molecular weight excluding hydrogens is 615 g/mol. The molecule has 0 heterocycles. The van der Waals surface area contributed by atoms with E-state index in [-0.39, 0.29) is 48.8 Å². The zero-order chi connectivity index (χ0) is 34.4. The normalized spacial score (nSPS) is 13.3. The number of methoxy groups -OCH3 is 1. The highest BCUT2D eigenvalue weighted by atomic mass is 19.4. The van der Waals surface area contributed by atoms with E-state index in [1.54, 1.807) is 13.8 Å². The molecule has 0 spiro atoms. The number of ether oxygens (including phenoxy) is 2. The summed E-state index contributed by atoms with van der Waals surface area (Å²) in [5.41, 5.74) is 2.07. The molecule has 47 heavy (non-hydrogen) atoms. The van der Waals surface area contributed by atoms with Gasteiger partial charge in [0.25, 0.3) is 0 Å². The van der Waals surface area contributed by atoms with Gasteiger partial charge >= 0.3 is 6.36 Å². The first-order valence-corrected chi connectivity index (χ1v) is 15.4. The molecule has 3 rings (SSSR count). The van der Waals surface area contributed by atoms with Crippen LogP contribution in [-0.4, -0.2) is 61.0 Å². The quantitative estimate of drug-likeness (QED) is 0.169. The maximum absolute atomic E-state index is 13.5. The molecule has 0 aliphatic rings. The van der Waals surface area contributed by atoms with Gasteiger partial charge in [0.05, 0.1) is 25.7 Å². The second kappa shape index (κ2) is 17.9. The van der Waals surface area contributed by atoms with Crippen molar-refractivity contribution in [3.63, 3.8) is 0 Å². The standard InChI is InChI=1S/C35H42F3N3O6/c1-23(2)33(41-32(44)22-26-21-27(47-35(36,37)38)14-16-30(26)46-3)34(45)40-28(20-25-12-8-5-9-13-25)29(42)15-17-31(43)39-19-18-24-10-6-4-7-11-24/h4-14,16,21,23,28-29,33,42H,15,17-20,22H2,1-3H3,(H,39,43)(H,40,45)(H,41,44)/t28-,29-,33-/m0/s1. The first-order valence-electron chi connectivity index (χ1n) is 15.4. The Bertz CT molecular complexity index is 1440. The highest BCUT2D eigenvalue weighted by molar-refractivity contribution is 5.89. The zero-order valence-electron chi connectivity index (χ0n) is 26.7. The van der Waals surface area contributed by atoms with Gasteiger partial charge in [0, 0.05) is 18.5 Å². The number of rotatable bonds is 17. The van der Waals surface area contributed by atoms with Crippen LogP contribution in [0.4, 0.5) is 13.2 Å². The van der Waals surface area contributed by atoms with Gasteiger partial charge in [-0.05, 0) is 54.5 Å². The van der Waals surface area contributed by atoms with Gasteiger partial charge in [-0.15, -0.1) is 13.2 Å². The second-order valence-corrected chi connectivity index (χ2v) is 11.5. The number of aliphatic hydroxyl groups is 1. The van der Waals surface area contributed by atoms with Crippen LogP contribution < -0.4 is 25.4 Å². The minimum absolute atomic E-state index is 0.0421. The lowest BCUT2D eigenvalue weighted by Gasteiger charge is -2.28. The molecule has 4 N–H and O–H groups in total. The van der Waals surface area contributed by atoms with Crippen LogP contribution in [-0.2, 0) is 33.6 Å². The maximum atomic E-state index is 13.5. The third kappa shape index (κ3) is 13.0. The van der Waals surface area contributed by atoms with Crippen molar-refractivity contribution in [3.8, 4) is 11.5 Å². The predicted molar refractivity (Wildman–Crippen MR) is 171 cm³/mol. The Morgan fingerprint density at radius 3 is 2.11 bits per heavy atom. The van der Waals surface area contributed by atoms with Crippen LogP contribution in [0.3, 0.4) is 0 Å². The van der Waals surface area contributed by atoms with Crippen LogP contribution in [0.5, 0.6) is 11.5 Å². The van der Waals surface area contributed by atoms with E-state index in [0.29, 0.717) is 13.0 Å². The third-order valence-electron chi connectivity index (χ3n) is 7.44. The van der Waals surface area contributed by atoms with Crippen LogP contribution in [0.25, 0.3) is 0 Å². The summed E-state index contributed by atoms with van der Waals surface area (Å²) in [4.78, 5) is 39.1. The number of amides is 3. The van der Waals surface area contributed by atoms with Crippen LogP contribution in [0.1, 0.15) is 43.4 Å². The van der Waals surface area contributed by atoms with Crippen molar-refractivity contribution < 1.29 is 42.1 Å². The molecule has 3 aromatic carbocycles. The number of benzene rings is 3. The fourth-order valence-electron chi connectivity index (χ4n) is 5.01. The van der Waals surface area contributed by atoms with Crippen molar-refractivity contribution in [2.45, 2.75) is 70.5 Å². The SMILES string of the molecule is COc1ccc(OC(F)(F)F)cc1CC(=O)N[C@H](C(=O)N[C@@H](Cc1ccccc1)[C@@H](O)CCC(=O)NCCc1ccccc1)C(C)C. The van der Waals surface area contributed by atoms with Gasteiger partial charge in [0.2, 0.25) is 17.7 Å². The summed E-state index contributed by atoms with van der Waals surface area (Å²) < 4.78 is 47.4. The number of nitrogens with one attached hydrogen (secondary N) is 3. The average molecular weight is 658 g/mol. The smallest absolute Gasteiger partial charge is 0.496 e. The molecular formula is C35H42F3N3O6. The lowest BCUT2D eigenvalue weighted by Crippen LogP contribution is -2.55. The van der Waals surface area contributed by atoms with Crippen LogP contribution in [0.15, 0.2) is 78.9 Å². The van der Waals surface area contributed by atoms with E-state index in [9.17, 15) is 32.7 Å². The highest BCUT2D eigenvalue weighted by Crippen LogP contribution is 2.29. The Morgan fingerprint density at radius 2 is 1.51 bits per heavy atom. The Labute approximate surface area is 272 Å². The van der Waals surface area contributed by atoms with Crippen LogP contribution >= 0.6 is 0 Å². The van der Waals surface area contributed by atoms with Gasteiger partial charge in [-0.1, -0.05) is 74.5 Å². The minimum Gasteiger partial charge on any atom is -0.496 e. The molecule has 0 unspecified atom stereocenters. The monoisotopic (exact) mass is 657 g/mol. The molecule has 254 valence electrons. The van der Waals surface area contributed by atoms with Crippen molar-refractivity contribution >= 4 is 17.7 Å². The molecule has 3 atom stereocenters. The van der Waals surface area contributed by atoms with Crippen LogP contribution in [0, 0.1) is 5.92 Å². The largest absolute Gasteiger partial charge is 0.573 e. The molecule has 12 heteroatoms. The van der Waals surface area contributed by atoms with Gasteiger partial charge in [-0.2, -0.15) is 0 Å². The van der Waals surface area contributed by atoms with Gasteiger partial charge in [-0.3, -0.25) is 14.4 Å². The Balaban J connectivity index is 1.65. The maximum Gasteiger partial charge on any atom is 0.573 e. The number of alkyl halides is 3. The van der Waals surface area contributed by atoms with Gasteiger partial charge in [0.1, 0.15) is 17.5 Å². The summed E-state index contributed by atoms with van der Waals surface area (Å²) in [6.45, 7) is 3.90.